The van der Waals surface area contributed by atoms with E-state index in [1.165, 1.54) is 0 Å². The van der Waals surface area contributed by atoms with Gasteiger partial charge in [-0.2, -0.15) is 0 Å². The molecule has 1 N–H and O–H groups in total. The highest BCUT2D eigenvalue weighted by atomic mass is 35.5. The largest absolute Gasteiger partial charge is 0.421 e. The van der Waals surface area contributed by atoms with Crippen molar-refractivity contribution in [2.75, 3.05) is 6.54 Å². The molecular weight excluding hydrogens is 374 g/mol. The summed E-state index contributed by atoms with van der Waals surface area (Å²) < 4.78 is 32.8. The van der Waals surface area contributed by atoms with Crippen LogP contribution in [-0.2, 0) is 16.4 Å². The maximum atomic E-state index is 12.4. The fourth-order valence-electron chi connectivity index (χ4n) is 2.32. The normalized spacial score (nSPS) is 11.7. The number of hydrogen-bond donors (Lipinski definition) is 1. The van der Waals surface area contributed by atoms with Crippen molar-refractivity contribution in [2.45, 2.75) is 25.2 Å². The zero-order chi connectivity index (χ0) is 18.7. The van der Waals surface area contributed by atoms with E-state index in [9.17, 15) is 8.42 Å². The van der Waals surface area contributed by atoms with Gasteiger partial charge < -0.3 is 4.42 Å². The van der Waals surface area contributed by atoms with Crippen LogP contribution >= 0.6 is 11.6 Å². The van der Waals surface area contributed by atoms with E-state index in [1.807, 2.05) is 13.8 Å². The summed E-state index contributed by atoms with van der Waals surface area (Å²) in [6, 6.07) is 12.1. The average molecular weight is 392 g/mol. The topological polar surface area (TPSA) is 85.1 Å². The van der Waals surface area contributed by atoms with Gasteiger partial charge in [-0.05, 0) is 61.4 Å². The molecule has 0 atom stereocenters. The van der Waals surface area contributed by atoms with E-state index in [1.54, 1.807) is 42.5 Å². The molecule has 0 bridgehead atoms. The van der Waals surface area contributed by atoms with E-state index < -0.39 is 10.0 Å². The number of aryl methyl sites for hydroxylation is 2. The van der Waals surface area contributed by atoms with Gasteiger partial charge in [0.15, 0.2) is 0 Å². The lowest BCUT2D eigenvalue weighted by Gasteiger charge is -2.07. The highest BCUT2D eigenvalue weighted by Gasteiger charge is 2.15. The Kier molecular flexibility index (Phi) is 5.41. The third-order valence-electron chi connectivity index (χ3n) is 3.98. The van der Waals surface area contributed by atoms with E-state index >= 15 is 0 Å². The Morgan fingerprint density at radius 1 is 1.04 bits per heavy atom. The van der Waals surface area contributed by atoms with Crippen molar-refractivity contribution >= 4 is 21.6 Å². The predicted molar refractivity (Wildman–Crippen MR) is 99.6 cm³/mol. The first-order valence-electron chi connectivity index (χ1n) is 8.00. The van der Waals surface area contributed by atoms with E-state index in [0.717, 1.165) is 16.7 Å². The highest BCUT2D eigenvalue weighted by molar-refractivity contribution is 7.89. The first-order chi connectivity index (χ1) is 12.3. The van der Waals surface area contributed by atoms with Crippen molar-refractivity contribution in [1.82, 2.24) is 14.9 Å². The fraction of sp³-hybridized carbons (Fsp3) is 0.222. The molecular formula is C18H18ClN3O3S. The van der Waals surface area contributed by atoms with Gasteiger partial charge in [-0.3, -0.25) is 0 Å². The van der Waals surface area contributed by atoms with Crippen LogP contribution in [0.5, 0.6) is 0 Å². The Morgan fingerprint density at radius 2 is 1.77 bits per heavy atom. The van der Waals surface area contributed by atoms with Gasteiger partial charge in [-0.25, -0.2) is 13.1 Å². The van der Waals surface area contributed by atoms with Crippen molar-refractivity contribution < 1.29 is 12.8 Å². The molecule has 8 heteroatoms. The molecule has 6 nitrogen and oxygen atoms in total. The van der Waals surface area contributed by atoms with Gasteiger partial charge in [0.05, 0.1) is 4.90 Å². The molecule has 1 heterocycles. The van der Waals surface area contributed by atoms with Gasteiger partial charge in [0.25, 0.3) is 0 Å². The lowest BCUT2D eigenvalue weighted by atomic mass is 10.1. The summed E-state index contributed by atoms with van der Waals surface area (Å²) in [5.74, 6) is 0.728. The van der Waals surface area contributed by atoms with Crippen LogP contribution < -0.4 is 4.72 Å². The Bertz CT molecular complexity index is 1010. The molecule has 0 unspecified atom stereocenters. The van der Waals surface area contributed by atoms with Gasteiger partial charge in [0.1, 0.15) is 0 Å². The second-order valence-electron chi connectivity index (χ2n) is 5.90. The lowest BCUT2D eigenvalue weighted by molar-refractivity contribution is 0.502. The molecule has 0 aliphatic rings. The van der Waals surface area contributed by atoms with Gasteiger partial charge >= 0.3 is 0 Å². The smallest absolute Gasteiger partial charge is 0.247 e. The van der Waals surface area contributed by atoms with Crippen molar-refractivity contribution in [3.05, 3.63) is 64.5 Å². The van der Waals surface area contributed by atoms with Crippen LogP contribution in [0.2, 0.25) is 5.02 Å². The molecule has 1 aromatic heterocycles. The van der Waals surface area contributed by atoms with Crippen molar-refractivity contribution in [3.63, 3.8) is 0 Å². The second kappa shape index (κ2) is 7.57. The van der Waals surface area contributed by atoms with Gasteiger partial charge in [0, 0.05) is 23.6 Å². The molecule has 3 rings (SSSR count). The zero-order valence-electron chi connectivity index (χ0n) is 14.4. The Labute approximate surface area is 157 Å². The van der Waals surface area contributed by atoms with Crippen LogP contribution in [0, 0.1) is 13.8 Å². The summed E-state index contributed by atoms with van der Waals surface area (Å²) in [4.78, 5) is 0.244. The van der Waals surface area contributed by atoms with E-state index in [0.29, 0.717) is 23.2 Å². The fourth-order valence-corrected chi connectivity index (χ4v) is 3.56. The standard InChI is InChI=1S/C18H18ClN3O3S/c1-12-3-8-16(11-13(12)2)26(23,24)20-10-9-17-21-22-18(25-17)14-4-6-15(19)7-5-14/h3-8,11,20H,9-10H2,1-2H3. The molecule has 2 aromatic carbocycles. The summed E-state index contributed by atoms with van der Waals surface area (Å²) in [5.41, 5.74) is 2.73. The zero-order valence-corrected chi connectivity index (χ0v) is 15.9. The summed E-state index contributed by atoms with van der Waals surface area (Å²) in [6.45, 7) is 3.98. The van der Waals surface area contributed by atoms with Crippen LogP contribution in [0.15, 0.2) is 51.8 Å². The van der Waals surface area contributed by atoms with Crippen LogP contribution in [0.3, 0.4) is 0 Å². The van der Waals surface area contributed by atoms with E-state index in [4.69, 9.17) is 16.0 Å². The van der Waals surface area contributed by atoms with Gasteiger partial charge in [-0.15, -0.1) is 10.2 Å². The van der Waals surface area contributed by atoms with Crippen LogP contribution in [-0.4, -0.2) is 25.2 Å². The number of benzene rings is 2. The van der Waals surface area contributed by atoms with E-state index in [2.05, 4.69) is 14.9 Å². The van der Waals surface area contributed by atoms with Crippen LogP contribution in [0.1, 0.15) is 17.0 Å². The number of nitrogens with one attached hydrogen (secondary N) is 1. The Hall–Kier alpha value is -2.22. The SMILES string of the molecule is Cc1ccc(S(=O)(=O)NCCc2nnc(-c3ccc(Cl)cc3)o2)cc1C. The van der Waals surface area contributed by atoms with Crippen molar-refractivity contribution in [1.29, 1.82) is 0 Å². The molecule has 0 aliphatic heterocycles. The van der Waals surface area contributed by atoms with Gasteiger partial charge in [-0.1, -0.05) is 17.7 Å². The molecule has 26 heavy (non-hydrogen) atoms. The number of hydrogen-bond acceptors (Lipinski definition) is 5. The molecule has 136 valence electrons. The minimum atomic E-state index is -3.57. The molecule has 3 aromatic rings. The minimum Gasteiger partial charge on any atom is -0.421 e. The average Bonchev–Trinajstić information content (AvgIpc) is 3.06. The third kappa shape index (κ3) is 4.30. The van der Waals surface area contributed by atoms with Crippen molar-refractivity contribution in [3.8, 4) is 11.5 Å². The first-order valence-corrected chi connectivity index (χ1v) is 9.86. The maximum absolute atomic E-state index is 12.4. The van der Waals surface area contributed by atoms with E-state index in [-0.39, 0.29) is 11.4 Å². The molecule has 0 fully saturated rings. The third-order valence-corrected chi connectivity index (χ3v) is 5.69. The molecule has 0 amide bonds. The minimum absolute atomic E-state index is 0.164. The molecule has 0 radical (unpaired) electrons. The second-order valence-corrected chi connectivity index (χ2v) is 8.11. The van der Waals surface area contributed by atoms with Gasteiger partial charge in [0.2, 0.25) is 21.8 Å². The number of sulfonamides is 1. The number of nitrogens with zero attached hydrogens (tertiary/aromatic N) is 2. The maximum Gasteiger partial charge on any atom is 0.247 e. The molecule has 0 saturated heterocycles. The molecule has 0 saturated carbocycles. The summed E-state index contributed by atoms with van der Waals surface area (Å²) in [5, 5.41) is 8.54. The van der Waals surface area contributed by atoms with Crippen LogP contribution in [0.25, 0.3) is 11.5 Å². The molecule has 0 aliphatic carbocycles. The highest BCUT2D eigenvalue weighted by Crippen LogP contribution is 2.20. The quantitative estimate of drug-likeness (QED) is 0.694. The molecule has 0 spiro atoms. The Morgan fingerprint density at radius 3 is 2.46 bits per heavy atom. The van der Waals surface area contributed by atoms with Crippen molar-refractivity contribution in [2.24, 2.45) is 0 Å². The van der Waals surface area contributed by atoms with Crippen LogP contribution in [0.4, 0.5) is 0 Å². The first kappa shape index (κ1) is 18.6. The summed E-state index contributed by atoms with van der Waals surface area (Å²) in [6.07, 6.45) is 0.296. The lowest BCUT2D eigenvalue weighted by Crippen LogP contribution is -2.26. The number of aromatic nitrogens is 2. The Balaban J connectivity index is 1.62. The summed E-state index contributed by atoms with van der Waals surface area (Å²) in [7, 11) is -3.57. The monoisotopic (exact) mass is 391 g/mol. The number of halogens is 1. The number of rotatable bonds is 6. The summed E-state index contributed by atoms with van der Waals surface area (Å²) >= 11 is 5.85. The predicted octanol–water partition coefficient (Wildman–Crippen LogP) is 3.53.